The van der Waals surface area contributed by atoms with Gasteiger partial charge in [-0.15, -0.1) is 0 Å². The lowest BCUT2D eigenvalue weighted by Gasteiger charge is -2.40. The van der Waals surface area contributed by atoms with Crippen LogP contribution in [0.1, 0.15) is 54.5 Å². The summed E-state index contributed by atoms with van der Waals surface area (Å²) in [4.78, 5) is 37.9. The Labute approximate surface area is 208 Å². The molecule has 0 saturated carbocycles. The van der Waals surface area contributed by atoms with Gasteiger partial charge in [-0.2, -0.15) is 0 Å². The molecule has 11 heteroatoms. The molecule has 3 aliphatic rings. The van der Waals surface area contributed by atoms with Gasteiger partial charge in [0.1, 0.15) is 25.4 Å². The van der Waals surface area contributed by atoms with Crippen LogP contribution in [-0.2, 0) is 9.53 Å². The second-order valence-corrected chi connectivity index (χ2v) is 10.2. The van der Waals surface area contributed by atoms with E-state index in [1.165, 1.54) is 6.33 Å². The molecule has 2 aromatic rings. The largest absolute Gasteiger partial charge is 0.387 e. The highest BCUT2D eigenvalue weighted by atomic mass is 35.5. The van der Waals surface area contributed by atoms with Crippen LogP contribution in [0.5, 0.6) is 0 Å². The monoisotopic (exact) mass is 501 g/mol. The molecule has 2 fully saturated rings. The molecular formula is C24H28ClN5O5. The van der Waals surface area contributed by atoms with Gasteiger partial charge in [0.15, 0.2) is 0 Å². The summed E-state index contributed by atoms with van der Waals surface area (Å²) in [6.45, 7) is 4.18. The lowest BCUT2D eigenvalue weighted by atomic mass is 9.81. The number of piperazine rings is 1. The Morgan fingerprint density at radius 2 is 1.94 bits per heavy atom. The molecule has 5 rings (SSSR count). The van der Waals surface area contributed by atoms with Crippen molar-refractivity contribution >= 4 is 23.3 Å². The Kier molecular flexibility index (Phi) is 6.37. The van der Waals surface area contributed by atoms with Gasteiger partial charge in [0.25, 0.3) is 5.54 Å². The summed E-state index contributed by atoms with van der Waals surface area (Å²) in [6.07, 6.45) is 1.62. The number of anilines is 1. The summed E-state index contributed by atoms with van der Waals surface area (Å²) in [5.41, 5.74) is 1.14. The smallest absolute Gasteiger partial charge is 0.268 e. The number of carbonyl (C=O) groups excluding carboxylic acids is 1. The van der Waals surface area contributed by atoms with Crippen molar-refractivity contribution in [1.29, 1.82) is 0 Å². The molecule has 3 atom stereocenters. The SMILES string of the molecule is C[C@@H]1C[C@@H](O)c2ncnc(N3CCN(C(=O)C(CC4([N+](=O)[O-])COC4)c4ccc(Cl)cc4)CC3)c21. The Bertz CT molecular complexity index is 1120. The first-order valence-corrected chi connectivity index (χ1v) is 12.2. The first kappa shape index (κ1) is 23.9. The summed E-state index contributed by atoms with van der Waals surface area (Å²) in [6, 6.07) is 6.95. The molecule has 10 nitrogen and oxygen atoms in total. The van der Waals surface area contributed by atoms with Gasteiger partial charge in [-0.1, -0.05) is 30.7 Å². The van der Waals surface area contributed by atoms with Gasteiger partial charge in [0, 0.05) is 48.1 Å². The predicted octanol–water partition coefficient (Wildman–Crippen LogP) is 2.54. The van der Waals surface area contributed by atoms with E-state index in [0.29, 0.717) is 48.9 Å². The topological polar surface area (TPSA) is 122 Å². The van der Waals surface area contributed by atoms with Crippen molar-refractivity contribution in [3.05, 3.63) is 62.6 Å². The molecule has 0 spiro atoms. The third kappa shape index (κ3) is 4.34. The van der Waals surface area contributed by atoms with Crippen LogP contribution < -0.4 is 4.90 Å². The Morgan fingerprint density at radius 1 is 1.26 bits per heavy atom. The molecule has 0 radical (unpaired) electrons. The number of hydrogen-bond acceptors (Lipinski definition) is 8. The molecule has 1 N–H and O–H groups in total. The number of amides is 1. The van der Waals surface area contributed by atoms with Crippen molar-refractivity contribution in [3.63, 3.8) is 0 Å². The van der Waals surface area contributed by atoms with E-state index in [2.05, 4.69) is 21.8 Å². The van der Waals surface area contributed by atoms with Crippen molar-refractivity contribution in [2.24, 2.45) is 0 Å². The molecule has 1 aromatic carbocycles. The van der Waals surface area contributed by atoms with Crippen molar-refractivity contribution in [3.8, 4) is 0 Å². The highest BCUT2D eigenvalue weighted by Gasteiger charge is 2.54. The van der Waals surface area contributed by atoms with Crippen molar-refractivity contribution in [1.82, 2.24) is 14.9 Å². The zero-order chi connectivity index (χ0) is 24.7. The number of aliphatic hydroxyl groups is 1. The van der Waals surface area contributed by atoms with Crippen LogP contribution in [0.25, 0.3) is 0 Å². The van der Waals surface area contributed by atoms with Crippen molar-refractivity contribution < 1.29 is 19.6 Å². The number of fused-ring (bicyclic) bond motifs is 1. The molecule has 2 aliphatic heterocycles. The number of carbonyl (C=O) groups is 1. The molecule has 1 unspecified atom stereocenters. The quantitative estimate of drug-likeness (QED) is 0.473. The number of ether oxygens (including phenoxy) is 1. The minimum atomic E-state index is -1.25. The number of benzene rings is 1. The zero-order valence-electron chi connectivity index (χ0n) is 19.5. The summed E-state index contributed by atoms with van der Waals surface area (Å²) in [7, 11) is 0. The number of nitro groups is 1. The van der Waals surface area contributed by atoms with Crippen LogP contribution in [0.2, 0.25) is 5.02 Å². The summed E-state index contributed by atoms with van der Waals surface area (Å²) in [5, 5.41) is 22.7. The number of halogens is 1. The molecule has 35 heavy (non-hydrogen) atoms. The first-order chi connectivity index (χ1) is 16.8. The van der Waals surface area contributed by atoms with E-state index in [9.17, 15) is 20.0 Å². The molecule has 0 bridgehead atoms. The molecule has 3 heterocycles. The summed E-state index contributed by atoms with van der Waals surface area (Å²) < 4.78 is 5.17. The van der Waals surface area contributed by atoms with Gasteiger partial charge in [0.2, 0.25) is 5.91 Å². The Hall–Kier alpha value is -2.82. The number of nitrogens with zero attached hydrogens (tertiary/aromatic N) is 5. The number of aliphatic hydroxyl groups excluding tert-OH is 1. The highest BCUT2D eigenvalue weighted by Crippen LogP contribution is 2.43. The molecule has 2 saturated heterocycles. The normalized spacial score (nSPS) is 24.0. The van der Waals surface area contributed by atoms with Gasteiger partial charge in [-0.25, -0.2) is 9.97 Å². The van der Waals surface area contributed by atoms with E-state index in [1.54, 1.807) is 29.2 Å². The van der Waals surface area contributed by atoms with Gasteiger partial charge in [0.05, 0.1) is 17.7 Å². The number of aromatic nitrogens is 2. The fraction of sp³-hybridized carbons (Fsp3) is 0.542. The van der Waals surface area contributed by atoms with Gasteiger partial charge >= 0.3 is 0 Å². The molecule has 1 aliphatic carbocycles. The van der Waals surface area contributed by atoms with E-state index in [1.807, 2.05) is 0 Å². The van der Waals surface area contributed by atoms with E-state index in [0.717, 1.165) is 11.4 Å². The fourth-order valence-corrected chi connectivity index (χ4v) is 5.50. The standard InChI is InChI=1S/C24H28ClN5O5/c1-15-10-19(31)21-20(15)22(27-14-26-21)28-6-8-29(9-7-28)23(32)18(16-2-4-17(25)5-3-16)11-24(30(33)34)12-35-13-24/h2-5,14-15,18-19,31H,6-13H2,1H3/t15-,18?,19-/m1/s1. The average Bonchev–Trinajstić information content (AvgIpc) is 3.12. The number of rotatable bonds is 6. The van der Waals surface area contributed by atoms with Crippen molar-refractivity contribution in [2.45, 2.75) is 43.2 Å². The molecule has 1 aromatic heterocycles. The van der Waals surface area contributed by atoms with E-state index in [-0.39, 0.29) is 36.4 Å². The molecular weight excluding hydrogens is 474 g/mol. The van der Waals surface area contributed by atoms with Crippen LogP contribution in [0, 0.1) is 10.1 Å². The first-order valence-electron chi connectivity index (χ1n) is 11.8. The lowest BCUT2D eigenvalue weighted by Crippen LogP contribution is -2.58. The van der Waals surface area contributed by atoms with Crippen LogP contribution in [0.4, 0.5) is 5.82 Å². The van der Waals surface area contributed by atoms with E-state index in [4.69, 9.17) is 16.3 Å². The maximum Gasteiger partial charge on any atom is 0.268 e. The molecule has 186 valence electrons. The third-order valence-electron chi connectivity index (χ3n) is 7.45. The van der Waals surface area contributed by atoms with Crippen LogP contribution in [0.3, 0.4) is 0 Å². The second kappa shape index (κ2) is 9.33. The van der Waals surface area contributed by atoms with Crippen LogP contribution >= 0.6 is 11.6 Å². The van der Waals surface area contributed by atoms with Crippen LogP contribution in [0.15, 0.2) is 30.6 Å². The Morgan fingerprint density at radius 3 is 2.54 bits per heavy atom. The Balaban J connectivity index is 1.34. The van der Waals surface area contributed by atoms with E-state index >= 15 is 0 Å². The molecule has 1 amide bonds. The van der Waals surface area contributed by atoms with E-state index < -0.39 is 17.6 Å². The van der Waals surface area contributed by atoms with Gasteiger partial charge in [-0.3, -0.25) is 14.9 Å². The maximum absolute atomic E-state index is 13.7. The lowest BCUT2D eigenvalue weighted by molar-refractivity contribution is -0.604. The van der Waals surface area contributed by atoms with Crippen LogP contribution in [-0.4, -0.2) is 75.7 Å². The van der Waals surface area contributed by atoms with Gasteiger partial charge in [-0.05, 0) is 30.0 Å². The highest BCUT2D eigenvalue weighted by molar-refractivity contribution is 6.30. The summed E-state index contributed by atoms with van der Waals surface area (Å²) in [5.74, 6) is 0.191. The predicted molar refractivity (Wildman–Crippen MR) is 128 cm³/mol. The minimum absolute atomic E-state index is 0.00794. The second-order valence-electron chi connectivity index (χ2n) is 9.74. The average molecular weight is 502 g/mol. The fourth-order valence-electron chi connectivity index (χ4n) is 5.37. The zero-order valence-corrected chi connectivity index (χ0v) is 20.2. The number of hydrogen-bond donors (Lipinski definition) is 1. The van der Waals surface area contributed by atoms with Gasteiger partial charge < -0.3 is 19.6 Å². The summed E-state index contributed by atoms with van der Waals surface area (Å²) >= 11 is 6.05. The third-order valence-corrected chi connectivity index (χ3v) is 7.71. The van der Waals surface area contributed by atoms with Crippen molar-refractivity contribution in [2.75, 3.05) is 44.3 Å². The maximum atomic E-state index is 13.7. The minimum Gasteiger partial charge on any atom is -0.387 e.